The molecule has 0 aliphatic carbocycles. The van der Waals surface area contributed by atoms with Crippen LogP contribution < -0.4 is 9.64 Å². The van der Waals surface area contributed by atoms with Crippen molar-refractivity contribution in [2.75, 3.05) is 12.0 Å². The third-order valence-corrected chi connectivity index (χ3v) is 3.54. The third-order valence-electron chi connectivity index (χ3n) is 3.54. The van der Waals surface area contributed by atoms with Gasteiger partial charge in [-0.15, -0.1) is 0 Å². The number of aliphatic hydroxyl groups is 1. The lowest BCUT2D eigenvalue weighted by atomic mass is 10.1. The van der Waals surface area contributed by atoms with Crippen LogP contribution in [0.2, 0.25) is 0 Å². The van der Waals surface area contributed by atoms with Gasteiger partial charge < -0.3 is 14.7 Å². The predicted octanol–water partition coefficient (Wildman–Crippen LogP) is 2.28. The number of carbonyl (C=O) groups is 1. The number of hydrogen-bond donors (Lipinski definition) is 1. The Morgan fingerprint density at radius 3 is 2.65 bits per heavy atom. The number of rotatable bonds is 3. The second-order valence-electron chi connectivity index (χ2n) is 4.70. The lowest BCUT2D eigenvalue weighted by molar-refractivity contribution is -0.125. The first-order valence-corrected chi connectivity index (χ1v) is 6.42. The lowest BCUT2D eigenvalue weighted by Gasteiger charge is -2.19. The Morgan fingerprint density at radius 1 is 1.15 bits per heavy atom. The molecule has 0 radical (unpaired) electrons. The second kappa shape index (κ2) is 4.98. The zero-order valence-corrected chi connectivity index (χ0v) is 11.1. The highest BCUT2D eigenvalue weighted by atomic mass is 16.5. The number of carbonyl (C=O) groups excluding carboxylic acids is 1. The summed E-state index contributed by atoms with van der Waals surface area (Å²) in [6, 6.07) is 14.9. The zero-order valence-electron chi connectivity index (χ0n) is 11.1. The van der Waals surface area contributed by atoms with E-state index in [9.17, 15) is 9.90 Å². The summed E-state index contributed by atoms with van der Waals surface area (Å²) in [6.45, 7) is 0.386. The van der Waals surface area contributed by atoms with Crippen LogP contribution in [-0.4, -0.2) is 18.1 Å². The van der Waals surface area contributed by atoms with E-state index in [0.29, 0.717) is 12.1 Å². The van der Waals surface area contributed by atoms with Gasteiger partial charge in [-0.05, 0) is 12.1 Å². The molecule has 1 unspecified atom stereocenters. The summed E-state index contributed by atoms with van der Waals surface area (Å²) >= 11 is 0. The van der Waals surface area contributed by atoms with Gasteiger partial charge >= 0.3 is 0 Å². The summed E-state index contributed by atoms with van der Waals surface area (Å²) in [6.07, 6.45) is -1.07. The Labute approximate surface area is 117 Å². The van der Waals surface area contributed by atoms with Gasteiger partial charge in [0.25, 0.3) is 5.91 Å². The fraction of sp³-hybridized carbons (Fsp3) is 0.188. The number of anilines is 1. The van der Waals surface area contributed by atoms with Crippen LogP contribution in [0, 0.1) is 0 Å². The molecule has 0 spiro atoms. The molecule has 2 aromatic carbocycles. The summed E-state index contributed by atoms with van der Waals surface area (Å²) in [4.78, 5) is 13.8. The van der Waals surface area contributed by atoms with E-state index >= 15 is 0 Å². The van der Waals surface area contributed by atoms with Crippen LogP contribution in [0.4, 0.5) is 5.69 Å². The van der Waals surface area contributed by atoms with Gasteiger partial charge in [0.2, 0.25) is 0 Å². The minimum atomic E-state index is -1.07. The molecule has 0 saturated carbocycles. The highest BCUT2D eigenvalue weighted by molar-refractivity contribution is 6.03. The van der Waals surface area contributed by atoms with Crippen molar-refractivity contribution in [2.24, 2.45) is 0 Å². The maximum Gasteiger partial charge on any atom is 0.260 e. The number of hydrogen-bond acceptors (Lipinski definition) is 3. The van der Waals surface area contributed by atoms with E-state index in [1.807, 2.05) is 42.5 Å². The van der Waals surface area contributed by atoms with Crippen molar-refractivity contribution in [3.05, 3.63) is 59.7 Å². The molecule has 1 aliphatic heterocycles. The topological polar surface area (TPSA) is 49.8 Å². The van der Waals surface area contributed by atoms with Gasteiger partial charge in [0.05, 0.1) is 19.3 Å². The molecule has 20 heavy (non-hydrogen) atoms. The Kier molecular flexibility index (Phi) is 3.16. The molecule has 0 aromatic heterocycles. The fourth-order valence-electron chi connectivity index (χ4n) is 2.53. The summed E-state index contributed by atoms with van der Waals surface area (Å²) in [5, 5.41) is 10.0. The number of methoxy groups -OCH3 is 1. The molecule has 0 fully saturated rings. The first-order chi connectivity index (χ1) is 9.72. The molecule has 0 bridgehead atoms. The SMILES string of the molecule is COc1ccccc1CN1C(=O)C(O)c2ccccc21. The zero-order chi connectivity index (χ0) is 14.1. The van der Waals surface area contributed by atoms with Gasteiger partial charge in [-0.2, -0.15) is 0 Å². The average molecular weight is 269 g/mol. The molecular weight excluding hydrogens is 254 g/mol. The van der Waals surface area contributed by atoms with Gasteiger partial charge in [-0.25, -0.2) is 0 Å². The number of ether oxygens (including phenoxy) is 1. The molecule has 4 heteroatoms. The van der Waals surface area contributed by atoms with E-state index in [-0.39, 0.29) is 5.91 Å². The Balaban J connectivity index is 1.97. The van der Waals surface area contributed by atoms with Gasteiger partial charge in [0, 0.05) is 11.1 Å². The third kappa shape index (κ3) is 1.94. The van der Waals surface area contributed by atoms with Crippen LogP contribution in [0.25, 0.3) is 0 Å². The van der Waals surface area contributed by atoms with Crippen molar-refractivity contribution in [3.63, 3.8) is 0 Å². The molecule has 102 valence electrons. The summed E-state index contributed by atoms with van der Waals surface area (Å²) in [5.41, 5.74) is 2.33. The fourth-order valence-corrected chi connectivity index (χ4v) is 2.53. The molecule has 4 nitrogen and oxygen atoms in total. The van der Waals surface area contributed by atoms with Crippen molar-refractivity contribution in [1.82, 2.24) is 0 Å². The predicted molar refractivity (Wildman–Crippen MR) is 75.6 cm³/mol. The van der Waals surface area contributed by atoms with E-state index < -0.39 is 6.10 Å². The molecule has 3 rings (SSSR count). The normalized spacial score (nSPS) is 17.2. The van der Waals surface area contributed by atoms with Crippen molar-refractivity contribution in [3.8, 4) is 5.75 Å². The van der Waals surface area contributed by atoms with E-state index in [4.69, 9.17) is 4.74 Å². The van der Waals surface area contributed by atoms with Crippen LogP contribution in [0.1, 0.15) is 17.2 Å². The molecular formula is C16H15NO3. The van der Waals surface area contributed by atoms with E-state index in [1.54, 1.807) is 18.1 Å². The van der Waals surface area contributed by atoms with Crippen LogP contribution in [0.5, 0.6) is 5.75 Å². The number of fused-ring (bicyclic) bond motifs is 1. The molecule has 1 aliphatic rings. The molecule has 1 amide bonds. The number of benzene rings is 2. The minimum Gasteiger partial charge on any atom is -0.496 e. The molecule has 1 atom stereocenters. The molecule has 2 aromatic rings. The summed E-state index contributed by atoms with van der Waals surface area (Å²) < 4.78 is 5.31. The first-order valence-electron chi connectivity index (χ1n) is 6.42. The van der Waals surface area contributed by atoms with Crippen molar-refractivity contribution >= 4 is 11.6 Å². The lowest BCUT2D eigenvalue weighted by Crippen LogP contribution is -2.28. The number of para-hydroxylation sites is 2. The van der Waals surface area contributed by atoms with Crippen molar-refractivity contribution in [2.45, 2.75) is 12.6 Å². The van der Waals surface area contributed by atoms with Crippen LogP contribution >= 0.6 is 0 Å². The van der Waals surface area contributed by atoms with Gasteiger partial charge in [0.1, 0.15) is 5.75 Å². The average Bonchev–Trinajstić information content (AvgIpc) is 2.73. The molecule has 0 saturated heterocycles. The summed E-state index contributed by atoms with van der Waals surface area (Å²) in [5.74, 6) is 0.441. The number of nitrogens with zero attached hydrogens (tertiary/aromatic N) is 1. The Bertz CT molecular complexity index is 654. The van der Waals surface area contributed by atoms with E-state index in [0.717, 1.165) is 17.0 Å². The standard InChI is InChI=1S/C16H15NO3/c1-20-14-9-5-2-6-11(14)10-17-13-8-4-3-7-12(13)15(18)16(17)19/h2-9,15,18H,10H2,1H3. The van der Waals surface area contributed by atoms with Gasteiger partial charge in [0.15, 0.2) is 6.10 Å². The largest absolute Gasteiger partial charge is 0.496 e. The smallest absolute Gasteiger partial charge is 0.260 e. The van der Waals surface area contributed by atoms with Crippen LogP contribution in [-0.2, 0) is 11.3 Å². The Hall–Kier alpha value is -2.33. The van der Waals surface area contributed by atoms with Gasteiger partial charge in [-0.1, -0.05) is 36.4 Å². The van der Waals surface area contributed by atoms with E-state index in [1.165, 1.54) is 0 Å². The van der Waals surface area contributed by atoms with Crippen LogP contribution in [0.15, 0.2) is 48.5 Å². The first kappa shape index (κ1) is 12.7. The number of amides is 1. The van der Waals surface area contributed by atoms with E-state index in [2.05, 4.69) is 0 Å². The molecule has 1 N–H and O–H groups in total. The van der Waals surface area contributed by atoms with Gasteiger partial charge in [-0.3, -0.25) is 4.79 Å². The van der Waals surface area contributed by atoms with Crippen molar-refractivity contribution < 1.29 is 14.6 Å². The minimum absolute atomic E-state index is 0.294. The highest BCUT2D eigenvalue weighted by Crippen LogP contribution is 2.37. The summed E-state index contributed by atoms with van der Waals surface area (Å²) in [7, 11) is 1.60. The second-order valence-corrected chi connectivity index (χ2v) is 4.70. The maximum absolute atomic E-state index is 12.2. The maximum atomic E-state index is 12.2. The number of aliphatic hydroxyl groups excluding tert-OH is 1. The highest BCUT2D eigenvalue weighted by Gasteiger charge is 2.35. The monoisotopic (exact) mass is 269 g/mol. The Morgan fingerprint density at radius 2 is 1.85 bits per heavy atom. The van der Waals surface area contributed by atoms with Crippen LogP contribution in [0.3, 0.4) is 0 Å². The molecule has 1 heterocycles. The quantitative estimate of drug-likeness (QED) is 0.930. The van der Waals surface area contributed by atoms with Crippen molar-refractivity contribution in [1.29, 1.82) is 0 Å².